The molecule has 1 saturated heterocycles. The van der Waals surface area contributed by atoms with Crippen LogP contribution in [0.3, 0.4) is 0 Å². The van der Waals surface area contributed by atoms with E-state index in [1.54, 1.807) is 17.0 Å². The first-order valence-corrected chi connectivity index (χ1v) is 8.92. The molecule has 1 aromatic carbocycles. The number of benzene rings is 1. The van der Waals surface area contributed by atoms with E-state index in [0.29, 0.717) is 25.1 Å². The van der Waals surface area contributed by atoms with Crippen LogP contribution in [0.15, 0.2) is 24.3 Å². The van der Waals surface area contributed by atoms with E-state index in [1.165, 1.54) is 0 Å². The number of primary amides is 1. The third kappa shape index (κ3) is 4.87. The van der Waals surface area contributed by atoms with Crippen LogP contribution < -0.4 is 16.4 Å². The zero-order valence-electron chi connectivity index (χ0n) is 14.6. The summed E-state index contributed by atoms with van der Waals surface area (Å²) in [5, 5.41) is 5.81. The zero-order valence-corrected chi connectivity index (χ0v) is 14.6. The molecule has 26 heavy (non-hydrogen) atoms. The number of nitrogens with one attached hydrogen (secondary N) is 2. The lowest BCUT2D eigenvalue weighted by Crippen LogP contribution is -2.48. The molecule has 0 spiro atoms. The molecule has 8 heteroatoms. The number of anilines is 1. The predicted octanol–water partition coefficient (Wildman–Crippen LogP) is 1.60. The monoisotopic (exact) mass is 360 g/mol. The van der Waals surface area contributed by atoms with Crippen LogP contribution in [0, 0.1) is 0 Å². The molecule has 1 aliphatic carbocycles. The van der Waals surface area contributed by atoms with E-state index in [1.807, 2.05) is 12.1 Å². The van der Waals surface area contributed by atoms with Crippen molar-refractivity contribution < 1.29 is 19.1 Å². The molecule has 1 atom stereocenters. The molecule has 1 saturated carbocycles. The summed E-state index contributed by atoms with van der Waals surface area (Å²) in [5.74, 6) is -0.168. The second-order valence-corrected chi connectivity index (χ2v) is 6.68. The normalized spacial score (nSPS) is 19.1. The van der Waals surface area contributed by atoms with Gasteiger partial charge >= 0.3 is 12.1 Å². The maximum atomic E-state index is 12.6. The number of amides is 4. The molecular formula is C18H24N4O4. The number of carbonyl (C=O) groups is 3. The van der Waals surface area contributed by atoms with Gasteiger partial charge in [0.2, 0.25) is 5.91 Å². The van der Waals surface area contributed by atoms with Crippen LogP contribution in [0.25, 0.3) is 0 Å². The van der Waals surface area contributed by atoms with Crippen LogP contribution in [0.4, 0.5) is 15.3 Å². The second kappa shape index (κ2) is 8.07. The Morgan fingerprint density at radius 2 is 1.88 bits per heavy atom. The molecule has 0 radical (unpaired) electrons. The zero-order chi connectivity index (χ0) is 18.5. The molecule has 1 aliphatic heterocycles. The Bertz CT molecular complexity index is 672. The molecule has 4 amide bonds. The standard InChI is InChI=1S/C18H24N4O4/c19-17(24)26-11-9-12-3-5-13(6-4-12)20-16(23)15-2-1-10-22(15)18(25)21-14-7-8-14/h3-6,14-15H,1-2,7-11H2,(H2,19,24)(H,20,23)(H,21,25). The van der Waals surface area contributed by atoms with Crippen LogP contribution in [0.2, 0.25) is 0 Å². The van der Waals surface area contributed by atoms with Crippen molar-refractivity contribution in [2.75, 3.05) is 18.5 Å². The van der Waals surface area contributed by atoms with E-state index in [2.05, 4.69) is 10.6 Å². The van der Waals surface area contributed by atoms with E-state index < -0.39 is 12.1 Å². The maximum Gasteiger partial charge on any atom is 0.404 e. The lowest BCUT2D eigenvalue weighted by molar-refractivity contribution is -0.119. The highest BCUT2D eigenvalue weighted by Crippen LogP contribution is 2.23. The van der Waals surface area contributed by atoms with E-state index in [4.69, 9.17) is 10.5 Å². The molecule has 0 bridgehead atoms. The van der Waals surface area contributed by atoms with Gasteiger partial charge in [-0.25, -0.2) is 9.59 Å². The Morgan fingerprint density at radius 3 is 2.54 bits per heavy atom. The van der Waals surface area contributed by atoms with E-state index in [-0.39, 0.29) is 24.6 Å². The van der Waals surface area contributed by atoms with Gasteiger partial charge in [0.25, 0.3) is 0 Å². The topological polar surface area (TPSA) is 114 Å². The van der Waals surface area contributed by atoms with Crippen molar-refractivity contribution >= 4 is 23.7 Å². The molecule has 2 fully saturated rings. The number of hydrogen-bond acceptors (Lipinski definition) is 4. The minimum absolute atomic E-state index is 0.144. The molecule has 1 aromatic rings. The fourth-order valence-electron chi connectivity index (χ4n) is 3.02. The molecule has 140 valence electrons. The van der Waals surface area contributed by atoms with Crippen LogP contribution in [0.1, 0.15) is 31.2 Å². The van der Waals surface area contributed by atoms with Crippen LogP contribution in [0.5, 0.6) is 0 Å². The molecule has 0 aromatic heterocycles. The highest BCUT2D eigenvalue weighted by Gasteiger charge is 2.36. The number of nitrogens with zero attached hydrogens (tertiary/aromatic N) is 1. The van der Waals surface area contributed by atoms with Crippen molar-refractivity contribution in [3.63, 3.8) is 0 Å². The first-order chi connectivity index (χ1) is 12.5. The van der Waals surface area contributed by atoms with Crippen molar-refractivity contribution in [1.29, 1.82) is 0 Å². The van der Waals surface area contributed by atoms with E-state index in [9.17, 15) is 14.4 Å². The lowest BCUT2D eigenvalue weighted by atomic mass is 10.1. The Morgan fingerprint density at radius 1 is 1.15 bits per heavy atom. The molecule has 8 nitrogen and oxygen atoms in total. The summed E-state index contributed by atoms with van der Waals surface area (Å²) < 4.78 is 4.70. The average molecular weight is 360 g/mol. The van der Waals surface area contributed by atoms with Gasteiger partial charge in [0, 0.05) is 24.7 Å². The van der Waals surface area contributed by atoms with Gasteiger partial charge in [-0.15, -0.1) is 0 Å². The largest absolute Gasteiger partial charge is 0.449 e. The fraction of sp³-hybridized carbons (Fsp3) is 0.500. The summed E-state index contributed by atoms with van der Waals surface area (Å²) in [6, 6.07) is 6.99. The van der Waals surface area contributed by atoms with Gasteiger partial charge in [0.15, 0.2) is 0 Å². The van der Waals surface area contributed by atoms with E-state index >= 15 is 0 Å². The average Bonchev–Trinajstić information content (AvgIpc) is 3.27. The SMILES string of the molecule is NC(=O)OCCc1ccc(NC(=O)C2CCCN2C(=O)NC2CC2)cc1. The highest BCUT2D eigenvalue weighted by atomic mass is 16.5. The van der Waals surface area contributed by atoms with Crippen LogP contribution in [-0.4, -0.2) is 48.2 Å². The van der Waals surface area contributed by atoms with Gasteiger partial charge in [-0.1, -0.05) is 12.1 Å². The van der Waals surface area contributed by atoms with Crippen LogP contribution >= 0.6 is 0 Å². The number of urea groups is 1. The number of nitrogens with two attached hydrogens (primary N) is 1. The maximum absolute atomic E-state index is 12.6. The molecule has 4 N–H and O–H groups in total. The van der Waals surface area contributed by atoms with Crippen molar-refractivity contribution in [3.05, 3.63) is 29.8 Å². The Labute approximate surface area is 152 Å². The van der Waals surface area contributed by atoms with Gasteiger partial charge < -0.3 is 26.0 Å². The van der Waals surface area contributed by atoms with E-state index in [0.717, 1.165) is 24.8 Å². The minimum Gasteiger partial charge on any atom is -0.449 e. The molecule has 3 rings (SSSR count). The minimum atomic E-state index is -0.791. The van der Waals surface area contributed by atoms with Crippen molar-refractivity contribution in [1.82, 2.24) is 10.2 Å². The summed E-state index contributed by atoms with van der Waals surface area (Å²) in [6.45, 7) is 0.823. The third-order valence-electron chi connectivity index (χ3n) is 4.58. The van der Waals surface area contributed by atoms with Gasteiger partial charge in [0.1, 0.15) is 6.04 Å². The van der Waals surface area contributed by atoms with Gasteiger partial charge in [-0.05, 0) is 43.4 Å². The molecule has 1 heterocycles. The Kier molecular flexibility index (Phi) is 5.60. The number of rotatable bonds is 6. The van der Waals surface area contributed by atoms with Crippen molar-refractivity contribution in [3.8, 4) is 0 Å². The third-order valence-corrected chi connectivity index (χ3v) is 4.58. The quantitative estimate of drug-likeness (QED) is 0.715. The summed E-state index contributed by atoms with van der Waals surface area (Å²) in [5.41, 5.74) is 6.56. The predicted molar refractivity (Wildman–Crippen MR) is 95.6 cm³/mol. The second-order valence-electron chi connectivity index (χ2n) is 6.68. The lowest BCUT2D eigenvalue weighted by Gasteiger charge is -2.24. The summed E-state index contributed by atoms with van der Waals surface area (Å²) in [6.07, 6.45) is 3.30. The number of ether oxygens (including phenoxy) is 1. The number of hydrogen-bond donors (Lipinski definition) is 3. The molecule has 1 unspecified atom stereocenters. The fourth-order valence-corrected chi connectivity index (χ4v) is 3.02. The van der Waals surface area contributed by atoms with Gasteiger partial charge in [0.05, 0.1) is 6.61 Å². The Hall–Kier alpha value is -2.77. The smallest absolute Gasteiger partial charge is 0.404 e. The number of carbonyl (C=O) groups excluding carboxylic acids is 3. The molecular weight excluding hydrogens is 336 g/mol. The summed E-state index contributed by atoms with van der Waals surface area (Å²) in [7, 11) is 0. The highest BCUT2D eigenvalue weighted by molar-refractivity contribution is 5.97. The van der Waals surface area contributed by atoms with Gasteiger partial charge in [-0.3, -0.25) is 4.79 Å². The first kappa shape index (κ1) is 18.0. The van der Waals surface area contributed by atoms with Crippen LogP contribution in [-0.2, 0) is 16.0 Å². The summed E-state index contributed by atoms with van der Waals surface area (Å²) in [4.78, 5) is 37.0. The van der Waals surface area contributed by atoms with Crippen molar-refractivity contribution in [2.24, 2.45) is 5.73 Å². The first-order valence-electron chi connectivity index (χ1n) is 8.92. The number of likely N-dealkylation sites (tertiary alicyclic amines) is 1. The molecule has 2 aliphatic rings. The van der Waals surface area contributed by atoms with Gasteiger partial charge in [-0.2, -0.15) is 0 Å². The summed E-state index contributed by atoms with van der Waals surface area (Å²) >= 11 is 0. The van der Waals surface area contributed by atoms with Crippen molar-refractivity contribution in [2.45, 2.75) is 44.2 Å². The Balaban J connectivity index is 1.51.